The van der Waals surface area contributed by atoms with Crippen molar-refractivity contribution in [3.8, 4) is 11.5 Å². The molecule has 150 valence electrons. The van der Waals surface area contributed by atoms with Crippen molar-refractivity contribution in [2.24, 2.45) is 0 Å². The van der Waals surface area contributed by atoms with Gasteiger partial charge in [0, 0.05) is 30.2 Å². The van der Waals surface area contributed by atoms with E-state index in [2.05, 4.69) is 15.6 Å². The number of hydrogen-bond acceptors (Lipinski definition) is 4. The van der Waals surface area contributed by atoms with Crippen LogP contribution in [0.25, 0.3) is 11.5 Å². The molecule has 0 aliphatic rings. The number of hydrogen-bond donors (Lipinski definition) is 2. The van der Waals surface area contributed by atoms with Gasteiger partial charge in [-0.3, -0.25) is 9.59 Å². The number of nitrogens with one attached hydrogen (secondary N) is 2. The van der Waals surface area contributed by atoms with E-state index >= 15 is 0 Å². The molecule has 3 rings (SSSR count). The highest BCUT2D eigenvalue weighted by molar-refractivity contribution is 5.96. The van der Waals surface area contributed by atoms with Crippen LogP contribution in [0, 0.1) is 18.6 Å². The second-order valence-electron chi connectivity index (χ2n) is 6.45. The van der Waals surface area contributed by atoms with Crippen LogP contribution in [0.1, 0.15) is 21.6 Å². The van der Waals surface area contributed by atoms with Gasteiger partial charge in [0.25, 0.3) is 5.91 Å². The predicted octanol–water partition coefficient (Wildman–Crippen LogP) is 3.02. The summed E-state index contributed by atoms with van der Waals surface area (Å²) in [7, 11) is 0. The largest absolute Gasteiger partial charge is 0.444 e. The van der Waals surface area contributed by atoms with Gasteiger partial charge in [0.2, 0.25) is 11.8 Å². The van der Waals surface area contributed by atoms with Crippen molar-refractivity contribution in [3.05, 3.63) is 77.2 Å². The summed E-state index contributed by atoms with van der Waals surface area (Å²) in [5, 5.41) is 4.95. The normalized spacial score (nSPS) is 10.6. The van der Waals surface area contributed by atoms with Gasteiger partial charge in [-0.1, -0.05) is 17.7 Å². The van der Waals surface area contributed by atoms with Gasteiger partial charge in [-0.15, -0.1) is 0 Å². The summed E-state index contributed by atoms with van der Waals surface area (Å²) in [6, 6.07) is 10.2. The molecule has 1 aromatic heterocycles. The summed E-state index contributed by atoms with van der Waals surface area (Å²) in [5.74, 6) is -2.40. The minimum Gasteiger partial charge on any atom is -0.444 e. The molecule has 0 unspecified atom stereocenters. The van der Waals surface area contributed by atoms with Crippen molar-refractivity contribution in [1.29, 1.82) is 0 Å². The zero-order valence-electron chi connectivity index (χ0n) is 15.7. The molecule has 0 atom stereocenters. The molecular weight excluding hydrogens is 380 g/mol. The lowest BCUT2D eigenvalue weighted by atomic mass is 10.1. The van der Waals surface area contributed by atoms with Crippen molar-refractivity contribution >= 4 is 11.8 Å². The van der Waals surface area contributed by atoms with Gasteiger partial charge in [0.15, 0.2) is 0 Å². The van der Waals surface area contributed by atoms with Gasteiger partial charge < -0.3 is 15.1 Å². The molecule has 0 fully saturated rings. The van der Waals surface area contributed by atoms with E-state index in [1.165, 1.54) is 6.26 Å². The molecule has 0 saturated carbocycles. The number of rotatable bonds is 7. The number of aromatic nitrogens is 1. The number of aryl methyl sites for hydroxylation is 1. The van der Waals surface area contributed by atoms with Crippen molar-refractivity contribution in [1.82, 2.24) is 15.6 Å². The maximum atomic E-state index is 13.1. The number of nitrogens with zero attached hydrogens (tertiary/aromatic N) is 1. The van der Waals surface area contributed by atoms with Crippen LogP contribution in [0.4, 0.5) is 8.78 Å². The molecule has 0 saturated heterocycles. The Kier molecular flexibility index (Phi) is 6.33. The van der Waals surface area contributed by atoms with E-state index < -0.39 is 23.4 Å². The lowest BCUT2D eigenvalue weighted by Gasteiger charge is -2.06. The third-order valence-electron chi connectivity index (χ3n) is 4.09. The number of benzene rings is 2. The summed E-state index contributed by atoms with van der Waals surface area (Å²) >= 11 is 0. The summed E-state index contributed by atoms with van der Waals surface area (Å²) in [6.07, 6.45) is 1.98. The van der Waals surface area contributed by atoms with Crippen molar-refractivity contribution in [3.63, 3.8) is 0 Å². The molecule has 0 aliphatic carbocycles. The van der Waals surface area contributed by atoms with E-state index in [0.717, 1.165) is 23.3 Å². The molecule has 0 aliphatic heterocycles. The molecule has 8 heteroatoms. The lowest BCUT2D eigenvalue weighted by Crippen LogP contribution is -2.37. The summed E-state index contributed by atoms with van der Waals surface area (Å²) in [5.41, 5.74) is 2.49. The zero-order chi connectivity index (χ0) is 20.8. The van der Waals surface area contributed by atoms with Crippen LogP contribution >= 0.6 is 0 Å². The molecular formula is C21H19F2N3O3. The molecule has 2 aromatic carbocycles. The van der Waals surface area contributed by atoms with E-state index in [0.29, 0.717) is 30.6 Å². The Labute approximate surface area is 166 Å². The van der Waals surface area contributed by atoms with Crippen molar-refractivity contribution in [2.75, 3.05) is 13.1 Å². The molecule has 29 heavy (non-hydrogen) atoms. The molecule has 3 aromatic rings. The average Bonchev–Trinajstić information content (AvgIpc) is 3.15. The number of oxazole rings is 1. The van der Waals surface area contributed by atoms with E-state index in [-0.39, 0.29) is 12.1 Å². The first-order valence-electron chi connectivity index (χ1n) is 8.93. The smallest absolute Gasteiger partial charge is 0.251 e. The van der Waals surface area contributed by atoms with E-state index in [1.54, 1.807) is 0 Å². The highest BCUT2D eigenvalue weighted by Crippen LogP contribution is 2.19. The number of carbonyl (C=O) groups is 2. The summed E-state index contributed by atoms with van der Waals surface area (Å²) in [6.45, 7) is 1.97. The van der Waals surface area contributed by atoms with E-state index in [1.807, 2.05) is 31.2 Å². The molecule has 0 spiro atoms. The van der Waals surface area contributed by atoms with Gasteiger partial charge in [-0.05, 0) is 31.2 Å². The molecule has 2 amide bonds. The first-order valence-corrected chi connectivity index (χ1v) is 8.93. The molecule has 1 heterocycles. The highest BCUT2D eigenvalue weighted by atomic mass is 19.1. The first kappa shape index (κ1) is 20.2. The fourth-order valence-electron chi connectivity index (χ4n) is 2.59. The molecule has 6 nitrogen and oxygen atoms in total. The highest BCUT2D eigenvalue weighted by Gasteiger charge is 2.11. The Morgan fingerprint density at radius 3 is 2.41 bits per heavy atom. The Morgan fingerprint density at radius 2 is 1.72 bits per heavy atom. The number of carbonyl (C=O) groups excluding carboxylic acids is 2. The van der Waals surface area contributed by atoms with Gasteiger partial charge in [-0.2, -0.15) is 0 Å². The van der Waals surface area contributed by atoms with Gasteiger partial charge >= 0.3 is 0 Å². The Morgan fingerprint density at radius 1 is 1.03 bits per heavy atom. The van der Waals surface area contributed by atoms with Crippen LogP contribution < -0.4 is 10.6 Å². The van der Waals surface area contributed by atoms with E-state index in [4.69, 9.17) is 4.42 Å². The molecule has 0 bridgehead atoms. The summed E-state index contributed by atoms with van der Waals surface area (Å²) < 4.78 is 31.7. The SMILES string of the molecule is Cc1ccc(-c2nc(CCNC(=O)CNC(=O)c3cc(F)cc(F)c3)co2)cc1. The van der Waals surface area contributed by atoms with Crippen LogP contribution in [-0.4, -0.2) is 29.9 Å². The Bertz CT molecular complexity index is 996. The van der Waals surface area contributed by atoms with Gasteiger partial charge in [0.05, 0.1) is 12.2 Å². The van der Waals surface area contributed by atoms with Crippen molar-refractivity contribution < 1.29 is 22.8 Å². The predicted molar refractivity (Wildman–Crippen MR) is 102 cm³/mol. The van der Waals surface area contributed by atoms with Gasteiger partial charge in [-0.25, -0.2) is 13.8 Å². The molecule has 0 radical (unpaired) electrons. The van der Waals surface area contributed by atoms with E-state index in [9.17, 15) is 18.4 Å². The maximum Gasteiger partial charge on any atom is 0.251 e. The number of amides is 2. The maximum absolute atomic E-state index is 13.1. The topological polar surface area (TPSA) is 84.2 Å². The minimum atomic E-state index is -0.864. The van der Waals surface area contributed by atoms with Crippen LogP contribution in [0.3, 0.4) is 0 Å². The monoisotopic (exact) mass is 399 g/mol. The van der Waals surface area contributed by atoms with Gasteiger partial charge in [0.1, 0.15) is 17.9 Å². The summed E-state index contributed by atoms with van der Waals surface area (Å²) in [4.78, 5) is 28.1. The Balaban J connectivity index is 1.43. The quantitative estimate of drug-likeness (QED) is 0.640. The fourth-order valence-corrected chi connectivity index (χ4v) is 2.59. The van der Waals surface area contributed by atoms with Crippen LogP contribution in [-0.2, 0) is 11.2 Å². The second kappa shape index (κ2) is 9.09. The third-order valence-corrected chi connectivity index (χ3v) is 4.09. The van der Waals surface area contributed by atoms with Crippen LogP contribution in [0.15, 0.2) is 53.1 Å². The van der Waals surface area contributed by atoms with Crippen molar-refractivity contribution in [2.45, 2.75) is 13.3 Å². The molecule has 2 N–H and O–H groups in total. The van der Waals surface area contributed by atoms with Crippen LogP contribution in [0.2, 0.25) is 0 Å². The minimum absolute atomic E-state index is 0.193. The second-order valence-corrected chi connectivity index (χ2v) is 6.45. The van der Waals surface area contributed by atoms with Crippen LogP contribution in [0.5, 0.6) is 0 Å². The fraction of sp³-hybridized carbons (Fsp3) is 0.190. The number of halogens is 2. The zero-order valence-corrected chi connectivity index (χ0v) is 15.7. The average molecular weight is 399 g/mol. The third kappa shape index (κ3) is 5.71. The first-order chi connectivity index (χ1) is 13.9. The Hall–Kier alpha value is -3.55. The lowest BCUT2D eigenvalue weighted by molar-refractivity contribution is -0.120. The standard InChI is InChI=1S/C21H19F2N3O3/c1-13-2-4-14(5-3-13)21-26-18(12-29-21)6-7-24-19(27)11-25-20(28)15-8-16(22)10-17(23)9-15/h2-5,8-10,12H,6-7,11H2,1H3,(H,24,27)(H,25,28).